The molecule has 36 heavy (non-hydrogen) atoms. The summed E-state index contributed by atoms with van der Waals surface area (Å²) in [7, 11) is 2.00. The van der Waals surface area contributed by atoms with E-state index in [0.29, 0.717) is 38.8 Å². The van der Waals surface area contributed by atoms with Crippen LogP contribution < -0.4 is 5.32 Å². The number of anilines is 1. The van der Waals surface area contributed by atoms with Gasteiger partial charge in [-0.05, 0) is 31.3 Å². The molecule has 0 saturated carbocycles. The van der Waals surface area contributed by atoms with Crippen LogP contribution in [0.25, 0.3) is 10.9 Å². The normalized spacial score (nSPS) is 14.2. The number of amides is 1. The summed E-state index contributed by atoms with van der Waals surface area (Å²) >= 11 is 12.2. The second kappa shape index (κ2) is 10.3. The zero-order valence-electron chi connectivity index (χ0n) is 19.5. The fraction of sp³-hybridized carbons (Fsp3) is 0.179. The summed E-state index contributed by atoms with van der Waals surface area (Å²) in [5.41, 5.74) is 3.83. The van der Waals surface area contributed by atoms with Crippen LogP contribution in [0.2, 0.25) is 10.0 Å². The average Bonchev–Trinajstić information content (AvgIpc) is 2.85. The molecule has 0 spiro atoms. The second-order valence-corrected chi connectivity index (χ2v) is 9.63. The molecule has 1 N–H and O–H groups in total. The molecule has 182 valence electrons. The lowest BCUT2D eigenvalue weighted by atomic mass is 9.96. The average molecular weight is 520 g/mol. The van der Waals surface area contributed by atoms with Gasteiger partial charge in [-0.25, -0.2) is 4.79 Å². The third kappa shape index (κ3) is 5.07. The highest BCUT2D eigenvalue weighted by atomic mass is 35.5. The van der Waals surface area contributed by atoms with Crippen LogP contribution in [0.3, 0.4) is 0 Å². The highest BCUT2D eigenvalue weighted by molar-refractivity contribution is 6.35. The number of aromatic nitrogens is 1. The molecule has 4 aromatic rings. The van der Waals surface area contributed by atoms with Crippen LogP contribution in [-0.2, 0) is 22.5 Å². The maximum Gasteiger partial charge on any atom is 0.340 e. The first-order valence-corrected chi connectivity index (χ1v) is 12.3. The van der Waals surface area contributed by atoms with Gasteiger partial charge in [-0.15, -0.1) is 0 Å². The van der Waals surface area contributed by atoms with Gasteiger partial charge >= 0.3 is 5.97 Å². The quantitative estimate of drug-likeness (QED) is 0.324. The van der Waals surface area contributed by atoms with Gasteiger partial charge in [0.05, 0.1) is 11.1 Å². The molecular weight excluding hydrogens is 497 g/mol. The molecule has 0 bridgehead atoms. The summed E-state index contributed by atoms with van der Waals surface area (Å²) in [6.07, 6.45) is -0.463. The number of nitrogens with one attached hydrogen (secondary N) is 1. The SMILES string of the molecule is CN1CCc2nc3ccccc3c(C(=O)OC(C(=O)Nc3cc(Cl)cc(Cl)c3)c3ccccc3)c2C1. The van der Waals surface area contributed by atoms with Crippen molar-refractivity contribution in [1.82, 2.24) is 9.88 Å². The number of carbonyl (C=O) groups excluding carboxylic acids is 2. The number of hydrogen-bond acceptors (Lipinski definition) is 5. The summed E-state index contributed by atoms with van der Waals surface area (Å²) in [5.74, 6) is -1.09. The Balaban J connectivity index is 1.54. The van der Waals surface area contributed by atoms with Gasteiger partial charge in [-0.3, -0.25) is 9.78 Å². The summed E-state index contributed by atoms with van der Waals surface area (Å²) in [5, 5.41) is 4.24. The summed E-state index contributed by atoms with van der Waals surface area (Å²) in [6, 6.07) is 21.1. The van der Waals surface area contributed by atoms with E-state index in [1.165, 1.54) is 0 Å². The predicted molar refractivity (Wildman–Crippen MR) is 141 cm³/mol. The minimum Gasteiger partial charge on any atom is -0.444 e. The Kier molecular flexibility index (Phi) is 6.92. The number of para-hydroxylation sites is 1. The number of carbonyl (C=O) groups is 2. The fourth-order valence-electron chi connectivity index (χ4n) is 4.46. The molecular formula is C28H23Cl2N3O3. The lowest BCUT2D eigenvalue weighted by Gasteiger charge is -2.27. The highest BCUT2D eigenvalue weighted by Crippen LogP contribution is 2.31. The van der Waals surface area contributed by atoms with Crippen molar-refractivity contribution in [1.29, 1.82) is 0 Å². The van der Waals surface area contributed by atoms with E-state index in [4.69, 9.17) is 32.9 Å². The van der Waals surface area contributed by atoms with E-state index >= 15 is 0 Å². The zero-order chi connectivity index (χ0) is 25.2. The molecule has 0 radical (unpaired) electrons. The number of hydrogen-bond donors (Lipinski definition) is 1. The van der Waals surface area contributed by atoms with Gasteiger partial charge in [0.25, 0.3) is 5.91 Å². The van der Waals surface area contributed by atoms with Crippen LogP contribution in [0.5, 0.6) is 0 Å². The lowest BCUT2D eigenvalue weighted by molar-refractivity contribution is -0.125. The van der Waals surface area contributed by atoms with Crippen molar-refractivity contribution >= 4 is 51.7 Å². The Hall–Kier alpha value is -3.45. The number of halogens is 2. The van der Waals surface area contributed by atoms with E-state index in [9.17, 15) is 9.59 Å². The number of fused-ring (bicyclic) bond motifs is 2. The van der Waals surface area contributed by atoms with E-state index in [1.54, 1.807) is 42.5 Å². The maximum absolute atomic E-state index is 13.8. The van der Waals surface area contributed by atoms with E-state index in [-0.39, 0.29) is 0 Å². The van der Waals surface area contributed by atoms with Gasteiger partial charge in [0, 0.05) is 57.5 Å². The Morgan fingerprint density at radius 1 is 1.00 bits per heavy atom. The molecule has 1 aliphatic rings. The van der Waals surface area contributed by atoms with Gasteiger partial charge in [0.1, 0.15) is 0 Å². The number of rotatable bonds is 5. The lowest BCUT2D eigenvalue weighted by Crippen LogP contribution is -2.31. The van der Waals surface area contributed by atoms with Crippen molar-refractivity contribution < 1.29 is 14.3 Å². The molecule has 0 saturated heterocycles. The number of benzene rings is 3. The van der Waals surface area contributed by atoms with E-state index in [2.05, 4.69) is 10.2 Å². The Bertz CT molecular complexity index is 1440. The zero-order valence-corrected chi connectivity index (χ0v) is 21.0. The van der Waals surface area contributed by atoms with Crippen LogP contribution in [0.1, 0.15) is 33.3 Å². The smallest absolute Gasteiger partial charge is 0.340 e. The Labute approximate surface area is 218 Å². The number of esters is 1. The topological polar surface area (TPSA) is 71.5 Å². The van der Waals surface area contributed by atoms with Gasteiger partial charge < -0.3 is 15.0 Å². The summed E-state index contributed by atoms with van der Waals surface area (Å²) in [4.78, 5) is 34.1. The summed E-state index contributed by atoms with van der Waals surface area (Å²) in [6.45, 7) is 1.42. The van der Waals surface area contributed by atoms with Gasteiger partial charge in [0.2, 0.25) is 6.10 Å². The first kappa shape index (κ1) is 24.3. The molecule has 3 aromatic carbocycles. The van der Waals surface area contributed by atoms with E-state index in [1.807, 2.05) is 37.4 Å². The number of pyridine rings is 1. The molecule has 2 heterocycles. The van der Waals surface area contributed by atoms with Crippen molar-refractivity contribution in [3.63, 3.8) is 0 Å². The van der Waals surface area contributed by atoms with Crippen LogP contribution >= 0.6 is 23.2 Å². The molecule has 5 rings (SSSR count). The van der Waals surface area contributed by atoms with Crippen molar-refractivity contribution in [3.05, 3.63) is 105 Å². The van der Waals surface area contributed by atoms with Crippen molar-refractivity contribution in [2.24, 2.45) is 0 Å². The maximum atomic E-state index is 13.8. The standard InChI is InChI=1S/C28H23Cl2N3O3/c1-33-12-11-24-22(16-33)25(21-9-5-6-10-23(21)32-24)28(35)36-26(17-7-3-2-4-8-17)27(34)31-20-14-18(29)13-19(30)15-20/h2-10,13-15,26H,11-12,16H2,1H3,(H,31,34). The monoisotopic (exact) mass is 519 g/mol. The minimum absolute atomic E-state index is 0.380. The van der Waals surface area contributed by atoms with Crippen LogP contribution in [0, 0.1) is 0 Å². The van der Waals surface area contributed by atoms with Crippen molar-refractivity contribution in [3.8, 4) is 0 Å². The van der Waals surface area contributed by atoms with Crippen molar-refractivity contribution in [2.75, 3.05) is 18.9 Å². The third-order valence-electron chi connectivity index (χ3n) is 6.14. The van der Waals surface area contributed by atoms with Gasteiger partial charge in [-0.2, -0.15) is 0 Å². The molecule has 1 aromatic heterocycles. The molecule has 1 aliphatic heterocycles. The molecule has 1 amide bonds. The van der Waals surface area contributed by atoms with Gasteiger partial charge in [0.15, 0.2) is 0 Å². The third-order valence-corrected chi connectivity index (χ3v) is 6.57. The first-order valence-electron chi connectivity index (χ1n) is 11.5. The Morgan fingerprint density at radius 3 is 2.44 bits per heavy atom. The molecule has 0 fully saturated rings. The highest BCUT2D eigenvalue weighted by Gasteiger charge is 2.30. The minimum atomic E-state index is -1.19. The van der Waals surface area contributed by atoms with E-state index < -0.39 is 18.0 Å². The molecule has 0 aliphatic carbocycles. The van der Waals surface area contributed by atoms with Gasteiger partial charge in [-0.1, -0.05) is 71.7 Å². The van der Waals surface area contributed by atoms with Crippen LogP contribution in [0.4, 0.5) is 5.69 Å². The number of nitrogens with zero attached hydrogens (tertiary/aromatic N) is 2. The van der Waals surface area contributed by atoms with Crippen LogP contribution in [0.15, 0.2) is 72.8 Å². The number of likely N-dealkylation sites (N-methyl/N-ethyl adjacent to an activating group) is 1. The summed E-state index contributed by atoms with van der Waals surface area (Å²) < 4.78 is 5.96. The molecule has 1 unspecified atom stereocenters. The molecule has 8 heteroatoms. The fourth-order valence-corrected chi connectivity index (χ4v) is 4.98. The van der Waals surface area contributed by atoms with Crippen LogP contribution in [-0.4, -0.2) is 35.4 Å². The van der Waals surface area contributed by atoms with Crippen molar-refractivity contribution in [2.45, 2.75) is 19.1 Å². The first-order chi connectivity index (χ1) is 17.4. The largest absolute Gasteiger partial charge is 0.444 e. The molecule has 6 nitrogen and oxygen atoms in total. The predicted octanol–water partition coefficient (Wildman–Crippen LogP) is 6.07. The van der Waals surface area contributed by atoms with E-state index in [0.717, 1.165) is 29.7 Å². The Morgan fingerprint density at radius 2 is 1.69 bits per heavy atom. The number of ether oxygens (including phenoxy) is 1. The molecule has 1 atom stereocenters. The second-order valence-electron chi connectivity index (χ2n) is 8.76.